The van der Waals surface area contributed by atoms with Gasteiger partial charge in [-0.2, -0.15) is 5.26 Å². The fourth-order valence-corrected chi connectivity index (χ4v) is 2.06. The lowest BCUT2D eigenvalue weighted by molar-refractivity contribution is 0.0699. The van der Waals surface area contributed by atoms with Gasteiger partial charge in [0.1, 0.15) is 5.82 Å². The standard InChI is InChI=1S/C13H14BrFN2O2/c1-19-8-7-17(6-2-5-16)13(18)11-4-3-10(15)9-12(11)14/h3-4,9H,2,6-8H2,1H3. The van der Waals surface area contributed by atoms with Gasteiger partial charge in [-0.05, 0) is 34.1 Å². The first-order chi connectivity index (χ1) is 9.10. The van der Waals surface area contributed by atoms with E-state index in [4.69, 9.17) is 10.00 Å². The lowest BCUT2D eigenvalue weighted by Crippen LogP contribution is -2.34. The number of amides is 1. The van der Waals surface area contributed by atoms with Crippen LogP contribution in [0.2, 0.25) is 0 Å². The molecule has 1 aromatic rings. The maximum atomic E-state index is 13.0. The zero-order valence-corrected chi connectivity index (χ0v) is 12.1. The number of halogens is 2. The number of nitrogens with zero attached hydrogens (tertiary/aromatic N) is 2. The van der Waals surface area contributed by atoms with Crippen LogP contribution in [0.3, 0.4) is 0 Å². The zero-order chi connectivity index (χ0) is 14.3. The van der Waals surface area contributed by atoms with Gasteiger partial charge in [0.2, 0.25) is 0 Å². The Kier molecular flexibility index (Phi) is 6.46. The number of nitriles is 1. The predicted molar refractivity (Wildman–Crippen MR) is 72.1 cm³/mol. The molecule has 0 unspecified atom stereocenters. The maximum Gasteiger partial charge on any atom is 0.255 e. The Morgan fingerprint density at radius 3 is 2.84 bits per heavy atom. The van der Waals surface area contributed by atoms with Crippen molar-refractivity contribution in [1.29, 1.82) is 5.26 Å². The van der Waals surface area contributed by atoms with Crippen LogP contribution < -0.4 is 0 Å². The molecule has 0 aliphatic rings. The number of hydrogen-bond donors (Lipinski definition) is 0. The van der Waals surface area contributed by atoms with Gasteiger partial charge in [-0.1, -0.05) is 0 Å². The van der Waals surface area contributed by atoms with Crippen molar-refractivity contribution in [2.75, 3.05) is 26.8 Å². The predicted octanol–water partition coefficient (Wildman–Crippen LogP) is 2.59. The molecule has 19 heavy (non-hydrogen) atoms. The first-order valence-corrected chi connectivity index (χ1v) is 6.49. The van der Waals surface area contributed by atoms with E-state index >= 15 is 0 Å². The fraction of sp³-hybridized carbons (Fsp3) is 0.385. The molecule has 0 aromatic heterocycles. The van der Waals surface area contributed by atoms with E-state index < -0.39 is 5.82 Å². The maximum absolute atomic E-state index is 13.0. The highest BCUT2D eigenvalue weighted by Gasteiger charge is 2.18. The van der Waals surface area contributed by atoms with Gasteiger partial charge >= 0.3 is 0 Å². The number of benzene rings is 1. The molecule has 102 valence electrons. The summed E-state index contributed by atoms with van der Waals surface area (Å²) in [4.78, 5) is 13.8. The number of carbonyl (C=O) groups excluding carboxylic acids is 1. The van der Waals surface area contributed by atoms with Gasteiger partial charge in [0.05, 0.1) is 24.7 Å². The number of methoxy groups -OCH3 is 1. The molecular weight excluding hydrogens is 315 g/mol. The molecule has 0 atom stereocenters. The van der Waals surface area contributed by atoms with E-state index in [1.54, 1.807) is 7.11 Å². The average Bonchev–Trinajstić information content (AvgIpc) is 2.38. The summed E-state index contributed by atoms with van der Waals surface area (Å²) in [6.45, 7) is 1.10. The number of ether oxygens (including phenoxy) is 1. The molecule has 1 amide bonds. The van der Waals surface area contributed by atoms with Crippen LogP contribution in [0.1, 0.15) is 16.8 Å². The van der Waals surface area contributed by atoms with Gasteiger partial charge in [0, 0.05) is 24.7 Å². The van der Waals surface area contributed by atoms with Crippen LogP contribution in [0.5, 0.6) is 0 Å². The second-order valence-electron chi connectivity index (χ2n) is 3.82. The minimum absolute atomic E-state index is 0.244. The minimum atomic E-state index is -0.413. The summed E-state index contributed by atoms with van der Waals surface area (Å²) in [5.41, 5.74) is 0.371. The SMILES string of the molecule is COCCN(CCC#N)C(=O)c1ccc(F)cc1Br. The monoisotopic (exact) mass is 328 g/mol. The third-order valence-corrected chi connectivity index (χ3v) is 3.16. The molecule has 0 radical (unpaired) electrons. The molecule has 0 aliphatic heterocycles. The Bertz CT molecular complexity index is 488. The van der Waals surface area contributed by atoms with Gasteiger partial charge in [-0.3, -0.25) is 4.79 Å². The van der Waals surface area contributed by atoms with Gasteiger partial charge < -0.3 is 9.64 Å². The van der Waals surface area contributed by atoms with Crippen LogP contribution in [-0.2, 0) is 4.74 Å². The van der Waals surface area contributed by atoms with Crippen molar-refractivity contribution in [2.24, 2.45) is 0 Å². The van der Waals surface area contributed by atoms with Crippen molar-refractivity contribution in [2.45, 2.75) is 6.42 Å². The molecule has 0 bridgehead atoms. The van der Waals surface area contributed by atoms with Crippen LogP contribution in [0, 0.1) is 17.1 Å². The van der Waals surface area contributed by atoms with Crippen LogP contribution in [0.25, 0.3) is 0 Å². The molecule has 0 aliphatic carbocycles. The van der Waals surface area contributed by atoms with Gasteiger partial charge in [0.25, 0.3) is 5.91 Å². The molecule has 0 spiro atoms. The summed E-state index contributed by atoms with van der Waals surface area (Å²) >= 11 is 3.17. The lowest BCUT2D eigenvalue weighted by Gasteiger charge is -2.21. The molecule has 4 nitrogen and oxygen atoms in total. The topological polar surface area (TPSA) is 53.3 Å². The van der Waals surface area contributed by atoms with Crippen molar-refractivity contribution in [3.05, 3.63) is 34.1 Å². The van der Waals surface area contributed by atoms with Gasteiger partial charge in [-0.25, -0.2) is 4.39 Å². The summed E-state index contributed by atoms with van der Waals surface area (Å²) < 4.78 is 18.3. The Morgan fingerprint density at radius 2 is 2.26 bits per heavy atom. The Labute approximate surface area is 119 Å². The highest BCUT2D eigenvalue weighted by atomic mass is 79.9. The third-order valence-electron chi connectivity index (χ3n) is 2.51. The molecule has 0 saturated heterocycles. The summed E-state index contributed by atoms with van der Waals surface area (Å²) in [6, 6.07) is 5.90. The lowest BCUT2D eigenvalue weighted by atomic mass is 10.2. The van der Waals surface area contributed by atoms with E-state index in [9.17, 15) is 9.18 Å². The van der Waals surface area contributed by atoms with Crippen molar-refractivity contribution in [3.63, 3.8) is 0 Å². The van der Waals surface area contributed by atoms with Gasteiger partial charge in [0.15, 0.2) is 0 Å². The smallest absolute Gasteiger partial charge is 0.255 e. The van der Waals surface area contributed by atoms with Crippen LogP contribution >= 0.6 is 15.9 Å². The number of rotatable bonds is 6. The fourth-order valence-electron chi connectivity index (χ4n) is 1.53. The van der Waals surface area contributed by atoms with Crippen LogP contribution in [0.15, 0.2) is 22.7 Å². The Morgan fingerprint density at radius 1 is 1.53 bits per heavy atom. The molecule has 0 saturated carbocycles. The summed E-state index contributed by atoms with van der Waals surface area (Å²) in [6.07, 6.45) is 0.244. The van der Waals surface area contributed by atoms with E-state index in [0.717, 1.165) is 0 Å². The van der Waals surface area contributed by atoms with Crippen molar-refractivity contribution in [3.8, 4) is 6.07 Å². The van der Waals surface area contributed by atoms with Crippen molar-refractivity contribution >= 4 is 21.8 Å². The summed E-state index contributed by atoms with van der Waals surface area (Å²) in [5.74, 6) is -0.664. The van der Waals surface area contributed by atoms with E-state index in [1.807, 2.05) is 6.07 Å². The van der Waals surface area contributed by atoms with E-state index in [1.165, 1.54) is 23.1 Å². The number of hydrogen-bond acceptors (Lipinski definition) is 3. The molecular formula is C13H14BrFN2O2. The highest BCUT2D eigenvalue weighted by molar-refractivity contribution is 9.10. The molecule has 1 rings (SSSR count). The first kappa shape index (κ1) is 15.6. The van der Waals surface area contributed by atoms with Gasteiger partial charge in [-0.15, -0.1) is 0 Å². The van der Waals surface area contributed by atoms with Crippen molar-refractivity contribution in [1.82, 2.24) is 4.90 Å². The quantitative estimate of drug-likeness (QED) is 0.806. The van der Waals surface area contributed by atoms with E-state index in [0.29, 0.717) is 29.7 Å². The highest BCUT2D eigenvalue weighted by Crippen LogP contribution is 2.19. The summed E-state index contributed by atoms with van der Waals surface area (Å²) in [7, 11) is 1.54. The minimum Gasteiger partial charge on any atom is -0.383 e. The third kappa shape index (κ3) is 4.62. The Hall–Kier alpha value is -1.45. The van der Waals surface area contributed by atoms with E-state index in [2.05, 4.69) is 15.9 Å². The van der Waals surface area contributed by atoms with E-state index in [-0.39, 0.29) is 12.3 Å². The van der Waals surface area contributed by atoms with Crippen LogP contribution in [-0.4, -0.2) is 37.6 Å². The molecule has 0 fully saturated rings. The molecule has 0 heterocycles. The molecule has 6 heteroatoms. The molecule has 1 aromatic carbocycles. The first-order valence-electron chi connectivity index (χ1n) is 5.70. The largest absolute Gasteiger partial charge is 0.383 e. The summed E-state index contributed by atoms with van der Waals surface area (Å²) in [5, 5.41) is 8.61. The zero-order valence-electron chi connectivity index (χ0n) is 10.5. The Balaban J connectivity index is 2.88. The second kappa shape index (κ2) is 7.87. The van der Waals surface area contributed by atoms with Crippen LogP contribution in [0.4, 0.5) is 4.39 Å². The second-order valence-corrected chi connectivity index (χ2v) is 4.67. The number of carbonyl (C=O) groups is 1. The normalized spacial score (nSPS) is 10.0. The average molecular weight is 329 g/mol. The van der Waals surface area contributed by atoms with Crippen molar-refractivity contribution < 1.29 is 13.9 Å². The molecule has 0 N–H and O–H groups in total.